The van der Waals surface area contributed by atoms with E-state index in [0.717, 1.165) is 54.0 Å². The molecule has 30 heavy (non-hydrogen) atoms. The number of carboxylic acid groups (broad SMARTS) is 1. The number of rotatable bonds is 5. The number of carbonyl (C=O) groups is 1. The molecule has 2 saturated heterocycles. The van der Waals surface area contributed by atoms with Gasteiger partial charge in [-0.05, 0) is 39.4 Å². The predicted molar refractivity (Wildman–Crippen MR) is 115 cm³/mol. The molecule has 4 heterocycles. The highest BCUT2D eigenvalue weighted by Crippen LogP contribution is 2.30. The highest BCUT2D eigenvalue weighted by molar-refractivity contribution is 7.99. The molecule has 0 aliphatic carbocycles. The van der Waals surface area contributed by atoms with Gasteiger partial charge >= 0.3 is 6.09 Å². The lowest BCUT2D eigenvalue weighted by atomic mass is 10.0. The molecular weight excluding hydrogens is 402 g/mol. The number of anilines is 1. The lowest BCUT2D eigenvalue weighted by Crippen LogP contribution is -2.55. The molecule has 1 amide bonds. The average Bonchev–Trinajstić information content (AvgIpc) is 3.16. The zero-order valence-corrected chi connectivity index (χ0v) is 18.2. The van der Waals surface area contributed by atoms with E-state index in [1.165, 1.54) is 17.7 Å². The third kappa shape index (κ3) is 4.48. The topological polar surface area (TPSA) is 109 Å². The summed E-state index contributed by atoms with van der Waals surface area (Å²) >= 11 is 1.71. The molecule has 0 bridgehead atoms. The number of nitriles is 1. The van der Waals surface area contributed by atoms with Gasteiger partial charge in [0.1, 0.15) is 5.82 Å². The Morgan fingerprint density at radius 2 is 2.20 bits per heavy atom. The van der Waals surface area contributed by atoms with Gasteiger partial charge in [0.25, 0.3) is 0 Å². The molecule has 1 aromatic rings. The standard InChI is InChI=1S/C20H29N7O2S/c1-25-8-2-3-15(25)13-30-19-23-17-11-22-7-5-16(17)18(24-19)26-9-10-27(20(28)29)14(12-26)4-6-21/h14-15,22H,2-5,7-13H2,1H3,(H,28,29). The quantitative estimate of drug-likeness (QED) is 0.528. The van der Waals surface area contributed by atoms with Crippen molar-refractivity contribution in [2.45, 2.75) is 49.5 Å². The van der Waals surface area contributed by atoms with Gasteiger partial charge in [0, 0.05) is 43.5 Å². The van der Waals surface area contributed by atoms with E-state index in [-0.39, 0.29) is 12.5 Å². The third-order valence-electron chi connectivity index (χ3n) is 6.33. The van der Waals surface area contributed by atoms with Gasteiger partial charge in [-0.3, -0.25) is 0 Å². The van der Waals surface area contributed by atoms with Crippen molar-refractivity contribution in [3.8, 4) is 6.07 Å². The molecule has 3 aliphatic heterocycles. The predicted octanol–water partition coefficient (Wildman–Crippen LogP) is 1.39. The van der Waals surface area contributed by atoms with E-state index in [9.17, 15) is 15.2 Å². The summed E-state index contributed by atoms with van der Waals surface area (Å²) in [7, 11) is 2.18. The summed E-state index contributed by atoms with van der Waals surface area (Å²) in [6.07, 6.45) is 2.56. The number of aromatic nitrogens is 2. The fourth-order valence-electron chi connectivity index (χ4n) is 4.58. The summed E-state index contributed by atoms with van der Waals surface area (Å²) in [6, 6.07) is 2.37. The van der Waals surface area contributed by atoms with Crippen LogP contribution in [0.4, 0.5) is 10.6 Å². The van der Waals surface area contributed by atoms with Crippen LogP contribution < -0.4 is 10.2 Å². The Labute approximate surface area is 181 Å². The number of fused-ring (bicyclic) bond motifs is 1. The second-order valence-electron chi connectivity index (χ2n) is 8.21. The number of piperazine rings is 1. The molecule has 4 rings (SSSR count). The second kappa shape index (κ2) is 9.37. The van der Waals surface area contributed by atoms with Gasteiger partial charge in [0.2, 0.25) is 0 Å². The van der Waals surface area contributed by atoms with Crippen LogP contribution in [-0.2, 0) is 13.0 Å². The van der Waals surface area contributed by atoms with E-state index in [1.54, 1.807) is 11.8 Å². The first-order chi connectivity index (χ1) is 14.6. The average molecular weight is 432 g/mol. The van der Waals surface area contributed by atoms with Gasteiger partial charge in [0.05, 0.1) is 24.2 Å². The summed E-state index contributed by atoms with van der Waals surface area (Å²) in [6.45, 7) is 4.23. The number of hydrogen-bond acceptors (Lipinski definition) is 8. The molecule has 0 spiro atoms. The molecule has 2 unspecified atom stereocenters. The normalized spacial score (nSPS) is 24.5. The summed E-state index contributed by atoms with van der Waals surface area (Å²) in [5, 5.41) is 22.9. The van der Waals surface area contributed by atoms with Crippen molar-refractivity contribution in [1.29, 1.82) is 5.26 Å². The fraction of sp³-hybridized carbons (Fsp3) is 0.700. The molecule has 9 nitrogen and oxygen atoms in total. The summed E-state index contributed by atoms with van der Waals surface area (Å²) in [4.78, 5) is 27.3. The molecule has 0 saturated carbocycles. The molecule has 0 radical (unpaired) electrons. The maximum absolute atomic E-state index is 11.6. The molecule has 0 aromatic carbocycles. The second-order valence-corrected chi connectivity index (χ2v) is 9.19. The monoisotopic (exact) mass is 431 g/mol. The number of thioether (sulfide) groups is 1. The van der Waals surface area contributed by atoms with Crippen molar-refractivity contribution in [1.82, 2.24) is 25.1 Å². The Bertz CT molecular complexity index is 830. The minimum absolute atomic E-state index is 0.188. The van der Waals surface area contributed by atoms with Gasteiger partial charge in [-0.1, -0.05) is 11.8 Å². The Balaban J connectivity index is 1.56. The largest absolute Gasteiger partial charge is 0.465 e. The Morgan fingerprint density at radius 1 is 1.33 bits per heavy atom. The molecular formula is C20H29N7O2S. The van der Waals surface area contributed by atoms with Crippen molar-refractivity contribution >= 4 is 23.7 Å². The number of hydrogen-bond donors (Lipinski definition) is 2. The van der Waals surface area contributed by atoms with Crippen LogP contribution in [0.25, 0.3) is 0 Å². The lowest BCUT2D eigenvalue weighted by molar-refractivity contribution is 0.119. The first kappa shape index (κ1) is 21.2. The highest BCUT2D eigenvalue weighted by atomic mass is 32.2. The molecule has 2 atom stereocenters. The number of amides is 1. The lowest BCUT2D eigenvalue weighted by Gasteiger charge is -2.40. The maximum Gasteiger partial charge on any atom is 0.407 e. The van der Waals surface area contributed by atoms with Crippen LogP contribution in [0.5, 0.6) is 0 Å². The van der Waals surface area contributed by atoms with E-state index < -0.39 is 6.09 Å². The van der Waals surface area contributed by atoms with Gasteiger partial charge in [-0.25, -0.2) is 14.8 Å². The number of likely N-dealkylation sites (tertiary alicyclic amines) is 1. The summed E-state index contributed by atoms with van der Waals surface area (Å²) in [5.74, 6) is 1.91. The van der Waals surface area contributed by atoms with Crippen LogP contribution in [0.1, 0.15) is 30.5 Å². The minimum atomic E-state index is -0.958. The SMILES string of the molecule is CN1CCCC1CSc1nc2c(c(N3CCN(C(=O)O)C(CC#N)C3)n1)CCNC2. The van der Waals surface area contributed by atoms with E-state index in [2.05, 4.69) is 28.2 Å². The highest BCUT2D eigenvalue weighted by Gasteiger charge is 2.33. The van der Waals surface area contributed by atoms with Crippen molar-refractivity contribution in [2.75, 3.05) is 50.4 Å². The van der Waals surface area contributed by atoms with Gasteiger partial charge in [-0.15, -0.1) is 0 Å². The van der Waals surface area contributed by atoms with E-state index in [4.69, 9.17) is 9.97 Å². The van der Waals surface area contributed by atoms with Crippen molar-refractivity contribution in [2.24, 2.45) is 0 Å². The van der Waals surface area contributed by atoms with Crippen LogP contribution in [0.15, 0.2) is 5.16 Å². The molecule has 3 aliphatic rings. The number of nitrogens with zero attached hydrogens (tertiary/aromatic N) is 6. The zero-order valence-electron chi connectivity index (χ0n) is 17.4. The van der Waals surface area contributed by atoms with Gasteiger partial charge in [0.15, 0.2) is 5.16 Å². The van der Waals surface area contributed by atoms with Gasteiger partial charge in [-0.2, -0.15) is 5.26 Å². The van der Waals surface area contributed by atoms with Crippen LogP contribution in [0, 0.1) is 11.3 Å². The first-order valence-corrected chi connectivity index (χ1v) is 11.6. The minimum Gasteiger partial charge on any atom is -0.465 e. The molecule has 10 heteroatoms. The van der Waals surface area contributed by atoms with Crippen molar-refractivity contribution in [3.63, 3.8) is 0 Å². The summed E-state index contributed by atoms with van der Waals surface area (Å²) in [5.41, 5.74) is 2.21. The maximum atomic E-state index is 11.6. The smallest absolute Gasteiger partial charge is 0.407 e. The Kier molecular flexibility index (Phi) is 6.61. The number of nitrogens with one attached hydrogen (secondary N) is 1. The third-order valence-corrected chi connectivity index (χ3v) is 7.32. The van der Waals surface area contributed by atoms with E-state index in [1.807, 2.05) is 0 Å². The van der Waals surface area contributed by atoms with Crippen molar-refractivity contribution in [3.05, 3.63) is 11.3 Å². The van der Waals surface area contributed by atoms with Crippen LogP contribution in [0.2, 0.25) is 0 Å². The van der Waals surface area contributed by atoms with E-state index in [0.29, 0.717) is 25.7 Å². The molecule has 162 valence electrons. The molecule has 2 fully saturated rings. The fourth-order valence-corrected chi connectivity index (χ4v) is 5.67. The van der Waals surface area contributed by atoms with E-state index >= 15 is 0 Å². The van der Waals surface area contributed by atoms with Crippen LogP contribution in [0.3, 0.4) is 0 Å². The molecule has 2 N–H and O–H groups in total. The van der Waals surface area contributed by atoms with Crippen LogP contribution in [-0.4, -0.2) is 88.6 Å². The van der Waals surface area contributed by atoms with Crippen LogP contribution >= 0.6 is 11.8 Å². The Morgan fingerprint density at radius 3 is 2.93 bits per heavy atom. The first-order valence-electron chi connectivity index (χ1n) is 10.6. The summed E-state index contributed by atoms with van der Waals surface area (Å²) < 4.78 is 0. The Hall–Kier alpha value is -2.09. The van der Waals surface area contributed by atoms with Gasteiger partial charge < -0.3 is 25.1 Å². The zero-order chi connectivity index (χ0) is 21.1. The van der Waals surface area contributed by atoms with Crippen molar-refractivity contribution < 1.29 is 9.90 Å². The molecule has 1 aromatic heterocycles.